The molecule has 0 spiro atoms. The van der Waals surface area contributed by atoms with Crippen molar-refractivity contribution in [2.75, 3.05) is 0 Å². The van der Waals surface area contributed by atoms with Crippen LogP contribution >= 0.6 is 0 Å². The van der Waals surface area contributed by atoms with Crippen LogP contribution in [0.4, 0.5) is 0 Å². The van der Waals surface area contributed by atoms with Crippen molar-refractivity contribution in [2.45, 2.75) is 52.0 Å². The van der Waals surface area contributed by atoms with Gasteiger partial charge in [-0.1, -0.05) is 25.4 Å². The highest BCUT2D eigenvalue weighted by Crippen LogP contribution is 2.15. The second-order valence-corrected chi connectivity index (χ2v) is 3.80. The number of rotatable bonds is 5. The lowest BCUT2D eigenvalue weighted by Crippen LogP contribution is -2.22. The zero-order chi connectivity index (χ0) is 10.6. The van der Waals surface area contributed by atoms with Crippen molar-refractivity contribution < 1.29 is 4.52 Å². The Morgan fingerprint density at radius 2 is 2.14 bits per heavy atom. The summed E-state index contributed by atoms with van der Waals surface area (Å²) in [5.74, 6) is 1.60. The predicted octanol–water partition coefficient (Wildman–Crippen LogP) is 1.86. The van der Waals surface area contributed by atoms with E-state index in [1.165, 1.54) is 0 Å². The third kappa shape index (κ3) is 2.80. The molecule has 0 saturated carbocycles. The Morgan fingerprint density at radius 1 is 1.43 bits per heavy atom. The Balaban J connectivity index is 2.58. The molecule has 1 heterocycles. The van der Waals surface area contributed by atoms with Gasteiger partial charge in [-0.15, -0.1) is 0 Å². The first-order valence-corrected chi connectivity index (χ1v) is 5.23. The van der Waals surface area contributed by atoms with E-state index in [4.69, 9.17) is 10.3 Å². The molecule has 0 aliphatic carbocycles. The largest absolute Gasteiger partial charge is 0.339 e. The molecule has 0 aliphatic rings. The maximum atomic E-state index is 5.75. The van der Waals surface area contributed by atoms with E-state index in [1.54, 1.807) is 0 Å². The number of nitrogens with two attached hydrogens (primary N) is 1. The second kappa shape index (κ2) is 5.10. The van der Waals surface area contributed by atoms with Gasteiger partial charge < -0.3 is 10.3 Å². The van der Waals surface area contributed by atoms with E-state index in [9.17, 15) is 0 Å². The summed E-state index contributed by atoms with van der Waals surface area (Å²) in [4.78, 5) is 4.31. The number of unbranched alkanes of at least 4 members (excludes halogenated alkanes) is 1. The van der Waals surface area contributed by atoms with E-state index in [2.05, 4.69) is 17.1 Å². The summed E-state index contributed by atoms with van der Waals surface area (Å²) in [6.45, 7) is 6.09. The van der Waals surface area contributed by atoms with Crippen LogP contribution in [-0.4, -0.2) is 16.2 Å². The molecule has 2 atom stereocenters. The van der Waals surface area contributed by atoms with E-state index in [0.29, 0.717) is 5.89 Å². The topological polar surface area (TPSA) is 64.9 Å². The van der Waals surface area contributed by atoms with Gasteiger partial charge in [0.05, 0.1) is 5.92 Å². The van der Waals surface area contributed by atoms with Gasteiger partial charge in [0, 0.05) is 12.5 Å². The maximum absolute atomic E-state index is 5.75. The standard InChI is InChI=1S/C10H19N3O/c1-4-5-6-9-12-10(14-13-9)7(2)8(3)11/h7-8H,4-6,11H2,1-3H3. The van der Waals surface area contributed by atoms with Crippen molar-refractivity contribution in [3.63, 3.8) is 0 Å². The molecule has 0 radical (unpaired) electrons. The lowest BCUT2D eigenvalue weighted by molar-refractivity contribution is 0.342. The smallest absolute Gasteiger partial charge is 0.231 e. The summed E-state index contributed by atoms with van der Waals surface area (Å²) in [5.41, 5.74) is 5.75. The van der Waals surface area contributed by atoms with Crippen LogP contribution in [0.25, 0.3) is 0 Å². The van der Waals surface area contributed by atoms with Gasteiger partial charge in [0.2, 0.25) is 5.89 Å². The lowest BCUT2D eigenvalue weighted by Gasteiger charge is -2.09. The maximum Gasteiger partial charge on any atom is 0.231 e. The third-order valence-electron chi connectivity index (χ3n) is 2.42. The van der Waals surface area contributed by atoms with Crippen molar-refractivity contribution in [1.29, 1.82) is 0 Å². The Bertz CT molecular complexity index is 270. The van der Waals surface area contributed by atoms with Crippen LogP contribution in [0.2, 0.25) is 0 Å². The van der Waals surface area contributed by atoms with Crippen LogP contribution in [0, 0.1) is 0 Å². The van der Waals surface area contributed by atoms with Gasteiger partial charge in [-0.2, -0.15) is 4.98 Å². The van der Waals surface area contributed by atoms with Crippen molar-refractivity contribution >= 4 is 0 Å². The monoisotopic (exact) mass is 197 g/mol. The van der Waals surface area contributed by atoms with Gasteiger partial charge in [0.15, 0.2) is 5.82 Å². The van der Waals surface area contributed by atoms with Gasteiger partial charge in [0.25, 0.3) is 0 Å². The van der Waals surface area contributed by atoms with Crippen molar-refractivity contribution in [3.05, 3.63) is 11.7 Å². The minimum atomic E-state index is 0.0504. The first-order valence-electron chi connectivity index (χ1n) is 5.23. The number of hydrogen-bond donors (Lipinski definition) is 1. The van der Waals surface area contributed by atoms with Gasteiger partial charge in [-0.3, -0.25) is 0 Å². The van der Waals surface area contributed by atoms with E-state index in [0.717, 1.165) is 25.1 Å². The highest BCUT2D eigenvalue weighted by atomic mass is 16.5. The molecule has 1 aromatic heterocycles. The van der Waals surface area contributed by atoms with Crippen molar-refractivity contribution in [1.82, 2.24) is 10.1 Å². The van der Waals surface area contributed by atoms with E-state index in [1.807, 2.05) is 13.8 Å². The fourth-order valence-electron chi connectivity index (χ4n) is 1.11. The highest BCUT2D eigenvalue weighted by molar-refractivity contribution is 4.95. The van der Waals surface area contributed by atoms with Gasteiger partial charge in [-0.25, -0.2) is 0 Å². The summed E-state index contributed by atoms with van der Waals surface area (Å²) < 4.78 is 5.14. The molecule has 14 heavy (non-hydrogen) atoms. The van der Waals surface area contributed by atoms with Gasteiger partial charge in [0.1, 0.15) is 0 Å². The molecule has 0 aliphatic heterocycles. The predicted molar refractivity (Wildman–Crippen MR) is 55.0 cm³/mol. The van der Waals surface area contributed by atoms with Crippen molar-refractivity contribution in [3.8, 4) is 0 Å². The number of hydrogen-bond acceptors (Lipinski definition) is 4. The summed E-state index contributed by atoms with van der Waals surface area (Å²) in [6.07, 6.45) is 3.14. The second-order valence-electron chi connectivity index (χ2n) is 3.80. The molecular weight excluding hydrogens is 178 g/mol. The highest BCUT2D eigenvalue weighted by Gasteiger charge is 2.17. The molecule has 2 unspecified atom stereocenters. The molecule has 4 nitrogen and oxygen atoms in total. The van der Waals surface area contributed by atoms with Gasteiger partial charge in [-0.05, 0) is 13.3 Å². The third-order valence-corrected chi connectivity index (χ3v) is 2.42. The average Bonchev–Trinajstić information content (AvgIpc) is 2.61. The zero-order valence-electron chi connectivity index (χ0n) is 9.16. The Morgan fingerprint density at radius 3 is 2.71 bits per heavy atom. The van der Waals surface area contributed by atoms with Crippen LogP contribution in [0.3, 0.4) is 0 Å². The fourth-order valence-corrected chi connectivity index (χ4v) is 1.11. The van der Waals surface area contributed by atoms with Crippen LogP contribution in [0.1, 0.15) is 51.2 Å². The molecule has 80 valence electrons. The van der Waals surface area contributed by atoms with E-state index in [-0.39, 0.29) is 12.0 Å². The summed E-state index contributed by atoms with van der Waals surface area (Å²) in [7, 11) is 0. The normalized spacial score (nSPS) is 15.4. The summed E-state index contributed by atoms with van der Waals surface area (Å²) in [5, 5.41) is 3.92. The Hall–Kier alpha value is -0.900. The van der Waals surface area contributed by atoms with Crippen LogP contribution in [0.5, 0.6) is 0 Å². The molecule has 0 saturated heterocycles. The summed E-state index contributed by atoms with van der Waals surface area (Å²) in [6, 6.07) is 0.0504. The molecule has 0 bridgehead atoms. The number of nitrogens with zero attached hydrogens (tertiary/aromatic N) is 2. The van der Waals surface area contributed by atoms with Crippen LogP contribution in [-0.2, 0) is 6.42 Å². The van der Waals surface area contributed by atoms with Gasteiger partial charge >= 0.3 is 0 Å². The average molecular weight is 197 g/mol. The van der Waals surface area contributed by atoms with E-state index >= 15 is 0 Å². The van der Waals surface area contributed by atoms with Crippen molar-refractivity contribution in [2.24, 2.45) is 5.73 Å². The molecule has 1 aromatic rings. The number of aromatic nitrogens is 2. The molecule has 0 fully saturated rings. The fraction of sp³-hybridized carbons (Fsp3) is 0.800. The number of aryl methyl sites for hydroxylation is 1. The molecule has 0 aromatic carbocycles. The summed E-state index contributed by atoms with van der Waals surface area (Å²) >= 11 is 0. The lowest BCUT2D eigenvalue weighted by atomic mass is 10.1. The van der Waals surface area contributed by atoms with Crippen LogP contribution < -0.4 is 5.73 Å². The molecule has 0 amide bonds. The molecule has 4 heteroatoms. The first kappa shape index (κ1) is 11.2. The molecule has 2 N–H and O–H groups in total. The van der Waals surface area contributed by atoms with Crippen LogP contribution in [0.15, 0.2) is 4.52 Å². The zero-order valence-corrected chi connectivity index (χ0v) is 9.16. The Kier molecular flexibility index (Phi) is 4.07. The Labute approximate surface area is 84.9 Å². The molecule has 1 rings (SSSR count). The first-order chi connectivity index (χ1) is 6.65. The quantitative estimate of drug-likeness (QED) is 0.782. The minimum Gasteiger partial charge on any atom is -0.339 e. The molecular formula is C10H19N3O. The van der Waals surface area contributed by atoms with E-state index < -0.39 is 0 Å². The minimum absolute atomic E-state index is 0.0504. The SMILES string of the molecule is CCCCc1noc(C(C)C(C)N)n1.